The Bertz CT molecular complexity index is 1220. The van der Waals surface area contributed by atoms with Gasteiger partial charge in [-0.2, -0.15) is 0 Å². The van der Waals surface area contributed by atoms with Crippen molar-refractivity contribution in [3.05, 3.63) is 89.5 Å². The number of esters is 1. The molecule has 2 atom stereocenters. The van der Waals surface area contributed by atoms with Crippen molar-refractivity contribution in [3.8, 4) is 11.5 Å². The van der Waals surface area contributed by atoms with Crippen LogP contribution in [0.25, 0.3) is 0 Å². The minimum Gasteiger partial charge on any atom is -0.497 e. The number of nitrogens with zero attached hydrogens (tertiary/aromatic N) is 1. The first-order chi connectivity index (χ1) is 19.5. The Labute approximate surface area is 237 Å². The molecule has 212 valence electrons. The molecular formula is C33H39NO6. The number of hydrogen-bond acceptors (Lipinski definition) is 6. The Balaban J connectivity index is 1.40. The highest BCUT2D eigenvalue weighted by Crippen LogP contribution is 2.31. The topological polar surface area (TPSA) is 74.3 Å². The number of hydrogen-bond donors (Lipinski definition) is 0. The summed E-state index contributed by atoms with van der Waals surface area (Å²) in [5.74, 6) is 1.18. The lowest BCUT2D eigenvalue weighted by atomic mass is 10.0. The van der Waals surface area contributed by atoms with E-state index in [1.54, 1.807) is 31.4 Å². The van der Waals surface area contributed by atoms with E-state index >= 15 is 0 Å². The highest BCUT2D eigenvalue weighted by molar-refractivity contribution is 5.96. The normalized spacial score (nSPS) is 15.6. The van der Waals surface area contributed by atoms with E-state index in [9.17, 15) is 9.59 Å². The molecule has 0 saturated carbocycles. The molecule has 3 aromatic rings. The van der Waals surface area contributed by atoms with Crippen LogP contribution in [-0.2, 0) is 20.9 Å². The standard InChI is InChI=1S/C33H39NO6/c1-4-5-6-7-31(40-22-24-8-17-29(37-2)18-9-24)25-10-14-27(15-11-25)34-28(16-21-32(34)35)23-39-30-19-12-26(13-20-30)33(36)38-3/h8-15,17-20,28,31H,4-7,16,21-23H2,1-3H3/t28-,31?/m1/s1. The van der Waals surface area contributed by atoms with Gasteiger partial charge in [0.25, 0.3) is 0 Å². The van der Waals surface area contributed by atoms with Crippen molar-refractivity contribution >= 4 is 17.6 Å². The second-order valence-corrected chi connectivity index (χ2v) is 10.0. The third-order valence-electron chi connectivity index (χ3n) is 7.27. The number of carbonyl (C=O) groups excluding carboxylic acids is 2. The minimum atomic E-state index is -0.388. The van der Waals surface area contributed by atoms with Crippen LogP contribution in [0.3, 0.4) is 0 Å². The molecule has 1 amide bonds. The second-order valence-electron chi connectivity index (χ2n) is 10.0. The number of ether oxygens (including phenoxy) is 4. The molecule has 3 aromatic carbocycles. The molecular weight excluding hydrogens is 506 g/mol. The SMILES string of the molecule is CCCCCC(OCc1ccc(OC)cc1)c1ccc(N2C(=O)CC[C@@H]2COc2ccc(C(=O)OC)cc2)cc1. The zero-order chi connectivity index (χ0) is 28.3. The lowest BCUT2D eigenvalue weighted by Crippen LogP contribution is -2.37. The van der Waals surface area contributed by atoms with Gasteiger partial charge in [-0.25, -0.2) is 4.79 Å². The Kier molecular flexibility index (Phi) is 10.6. The largest absolute Gasteiger partial charge is 0.497 e. The molecule has 1 aliphatic rings. The van der Waals surface area contributed by atoms with Gasteiger partial charge < -0.3 is 23.8 Å². The molecule has 4 rings (SSSR count). The van der Waals surface area contributed by atoms with E-state index in [4.69, 9.17) is 18.9 Å². The van der Waals surface area contributed by atoms with Crippen LogP contribution >= 0.6 is 0 Å². The molecule has 0 bridgehead atoms. The van der Waals surface area contributed by atoms with Gasteiger partial charge in [0.2, 0.25) is 5.91 Å². The molecule has 1 unspecified atom stereocenters. The summed E-state index contributed by atoms with van der Waals surface area (Å²) in [7, 11) is 3.02. The number of methoxy groups -OCH3 is 2. The summed E-state index contributed by atoms with van der Waals surface area (Å²) in [5.41, 5.74) is 3.54. The van der Waals surface area contributed by atoms with Crippen LogP contribution in [0.5, 0.6) is 11.5 Å². The zero-order valence-corrected chi connectivity index (χ0v) is 23.6. The third kappa shape index (κ3) is 7.63. The Morgan fingerprint density at radius 3 is 2.27 bits per heavy atom. The van der Waals surface area contributed by atoms with Gasteiger partial charge in [0.15, 0.2) is 0 Å². The zero-order valence-electron chi connectivity index (χ0n) is 23.6. The predicted molar refractivity (Wildman–Crippen MR) is 155 cm³/mol. The minimum absolute atomic E-state index is 0.0240. The first-order valence-electron chi connectivity index (χ1n) is 14.0. The molecule has 0 radical (unpaired) electrons. The fraction of sp³-hybridized carbons (Fsp3) is 0.394. The highest BCUT2D eigenvalue weighted by Gasteiger charge is 2.32. The summed E-state index contributed by atoms with van der Waals surface area (Å²) in [6.07, 6.45) is 5.54. The first-order valence-corrected chi connectivity index (χ1v) is 14.0. The van der Waals surface area contributed by atoms with E-state index < -0.39 is 0 Å². The highest BCUT2D eigenvalue weighted by atomic mass is 16.5. The van der Waals surface area contributed by atoms with Crippen LogP contribution in [0.4, 0.5) is 5.69 Å². The Morgan fingerprint density at radius 2 is 1.62 bits per heavy atom. The number of rotatable bonds is 14. The van der Waals surface area contributed by atoms with Crippen molar-refractivity contribution in [2.45, 2.75) is 64.2 Å². The summed E-state index contributed by atoms with van der Waals surface area (Å²) in [5, 5.41) is 0. The monoisotopic (exact) mass is 545 g/mol. The fourth-order valence-corrected chi connectivity index (χ4v) is 4.95. The number of carbonyl (C=O) groups is 2. The van der Waals surface area contributed by atoms with Gasteiger partial charge in [0.05, 0.1) is 38.5 Å². The van der Waals surface area contributed by atoms with E-state index in [1.165, 1.54) is 7.11 Å². The molecule has 0 N–H and O–H groups in total. The molecule has 7 nitrogen and oxygen atoms in total. The summed E-state index contributed by atoms with van der Waals surface area (Å²) in [6.45, 7) is 3.09. The molecule has 7 heteroatoms. The van der Waals surface area contributed by atoms with Crippen LogP contribution in [0, 0.1) is 0 Å². The predicted octanol–water partition coefficient (Wildman–Crippen LogP) is 6.89. The Morgan fingerprint density at radius 1 is 0.925 bits per heavy atom. The fourth-order valence-electron chi connectivity index (χ4n) is 4.95. The number of benzene rings is 3. The maximum Gasteiger partial charge on any atom is 0.337 e. The maximum absolute atomic E-state index is 12.8. The summed E-state index contributed by atoms with van der Waals surface area (Å²) in [6, 6.07) is 22.9. The van der Waals surface area contributed by atoms with Crippen molar-refractivity contribution in [2.24, 2.45) is 0 Å². The molecule has 0 aromatic heterocycles. The lowest BCUT2D eigenvalue weighted by molar-refractivity contribution is -0.117. The van der Waals surface area contributed by atoms with Gasteiger partial charge in [-0.15, -0.1) is 0 Å². The molecule has 1 heterocycles. The van der Waals surface area contributed by atoms with Crippen molar-refractivity contribution in [3.63, 3.8) is 0 Å². The van der Waals surface area contributed by atoms with Gasteiger partial charge >= 0.3 is 5.97 Å². The number of amides is 1. The molecule has 1 saturated heterocycles. The molecule has 0 spiro atoms. The van der Waals surface area contributed by atoms with Crippen molar-refractivity contribution < 1.29 is 28.5 Å². The molecule has 0 aliphatic carbocycles. The van der Waals surface area contributed by atoms with Gasteiger partial charge in [-0.05, 0) is 72.5 Å². The van der Waals surface area contributed by atoms with E-state index in [2.05, 4.69) is 19.1 Å². The lowest BCUT2D eigenvalue weighted by Gasteiger charge is -2.26. The van der Waals surface area contributed by atoms with Gasteiger partial charge in [-0.3, -0.25) is 4.79 Å². The van der Waals surface area contributed by atoms with E-state index in [0.717, 1.165) is 54.7 Å². The van der Waals surface area contributed by atoms with Crippen LogP contribution < -0.4 is 14.4 Å². The first kappa shape index (κ1) is 29.2. The average molecular weight is 546 g/mol. The van der Waals surface area contributed by atoms with Crippen molar-refractivity contribution in [2.75, 3.05) is 25.7 Å². The van der Waals surface area contributed by atoms with Crippen LogP contribution in [-0.4, -0.2) is 38.7 Å². The average Bonchev–Trinajstić information content (AvgIpc) is 3.38. The Hall–Kier alpha value is -3.84. The number of anilines is 1. The third-order valence-corrected chi connectivity index (χ3v) is 7.27. The second kappa shape index (κ2) is 14.5. The molecule has 40 heavy (non-hydrogen) atoms. The van der Waals surface area contributed by atoms with Gasteiger partial charge in [0, 0.05) is 12.1 Å². The van der Waals surface area contributed by atoms with E-state index in [1.807, 2.05) is 41.3 Å². The van der Waals surface area contributed by atoms with Crippen LogP contribution in [0.15, 0.2) is 72.8 Å². The van der Waals surface area contributed by atoms with E-state index in [-0.39, 0.29) is 24.0 Å². The number of unbranched alkanes of at least 4 members (excludes halogenated alkanes) is 2. The summed E-state index contributed by atoms with van der Waals surface area (Å²) in [4.78, 5) is 26.3. The van der Waals surface area contributed by atoms with E-state index in [0.29, 0.717) is 30.9 Å². The quantitative estimate of drug-likeness (QED) is 0.162. The molecule has 1 fully saturated rings. The van der Waals surface area contributed by atoms with Crippen molar-refractivity contribution in [1.29, 1.82) is 0 Å². The van der Waals surface area contributed by atoms with Crippen LogP contribution in [0.2, 0.25) is 0 Å². The maximum atomic E-state index is 12.8. The van der Waals surface area contributed by atoms with Gasteiger partial charge in [0.1, 0.15) is 18.1 Å². The summed E-state index contributed by atoms with van der Waals surface area (Å²) < 4.78 is 22.4. The van der Waals surface area contributed by atoms with Gasteiger partial charge in [-0.1, -0.05) is 50.5 Å². The summed E-state index contributed by atoms with van der Waals surface area (Å²) >= 11 is 0. The molecule has 1 aliphatic heterocycles. The smallest absolute Gasteiger partial charge is 0.337 e. The van der Waals surface area contributed by atoms with Crippen LogP contribution in [0.1, 0.15) is 73.0 Å². The van der Waals surface area contributed by atoms with Crippen molar-refractivity contribution in [1.82, 2.24) is 0 Å².